The van der Waals surface area contributed by atoms with Gasteiger partial charge in [0.05, 0.1) is 44.1 Å². The zero-order chi connectivity index (χ0) is 34.4. The summed E-state index contributed by atoms with van der Waals surface area (Å²) in [6.07, 6.45) is 0. The normalized spacial score (nSPS) is 12.5. The van der Waals surface area contributed by atoms with E-state index in [1.807, 2.05) is 12.1 Å². The second kappa shape index (κ2) is 9.75. The largest absolute Gasteiger partial charge is 0.309 e. The number of hydrogen-bond acceptors (Lipinski definition) is 2. The summed E-state index contributed by atoms with van der Waals surface area (Å²) < 4.78 is 7.20. The van der Waals surface area contributed by atoms with Crippen LogP contribution in [0.25, 0.3) is 115 Å². The van der Waals surface area contributed by atoms with Crippen LogP contribution in [0.5, 0.6) is 0 Å². The van der Waals surface area contributed by atoms with Gasteiger partial charge in [0.2, 0.25) is 0 Å². The van der Waals surface area contributed by atoms with Crippen molar-refractivity contribution in [1.82, 2.24) is 23.5 Å². The van der Waals surface area contributed by atoms with Crippen molar-refractivity contribution in [3.05, 3.63) is 164 Å². The van der Waals surface area contributed by atoms with E-state index in [0.29, 0.717) is 0 Å². The smallest absolute Gasteiger partial charge is 0.165 e. The molecule has 0 unspecified atom stereocenters. The van der Waals surface area contributed by atoms with Gasteiger partial charge in [-0.1, -0.05) is 103 Å². The van der Waals surface area contributed by atoms with Crippen LogP contribution in [0.15, 0.2) is 164 Å². The Morgan fingerprint density at radius 1 is 0.340 bits per heavy atom. The number of benzene rings is 8. The van der Waals surface area contributed by atoms with Gasteiger partial charge in [-0.15, -0.1) is 0 Å². The Morgan fingerprint density at radius 3 is 1.74 bits per heavy atom. The van der Waals surface area contributed by atoms with Crippen molar-refractivity contribution in [2.24, 2.45) is 0 Å². The fourth-order valence-electron chi connectivity index (χ4n) is 9.40. The van der Waals surface area contributed by atoms with Crippen LogP contribution in [0, 0.1) is 0 Å². The fourth-order valence-corrected chi connectivity index (χ4v) is 9.40. The molecule has 0 bridgehead atoms. The summed E-state index contributed by atoms with van der Waals surface area (Å²) in [6, 6.07) is 59.3. The van der Waals surface area contributed by atoms with Crippen LogP contribution >= 0.6 is 0 Å². The highest BCUT2D eigenvalue weighted by molar-refractivity contribution is 6.29. The van der Waals surface area contributed by atoms with Gasteiger partial charge in [0, 0.05) is 54.5 Å². The SMILES string of the molecule is c1ccc(-n2c3ccccc3c3ccc4c(ccc5c4c4ccccc4n5-c4cc5c6ccccc6n6c7nc8ccccc8nc7c(c4)c56)c32)cc1. The maximum Gasteiger partial charge on any atom is 0.165 e. The Labute approximate surface area is 301 Å². The van der Waals surface area contributed by atoms with Crippen molar-refractivity contribution in [2.45, 2.75) is 0 Å². The molecule has 53 heavy (non-hydrogen) atoms. The average molecular weight is 674 g/mol. The summed E-state index contributed by atoms with van der Waals surface area (Å²) in [5.74, 6) is 0. The minimum absolute atomic E-state index is 0.896. The van der Waals surface area contributed by atoms with Crippen molar-refractivity contribution in [3.8, 4) is 11.4 Å². The molecule has 13 aromatic rings. The zero-order valence-corrected chi connectivity index (χ0v) is 28.3. The molecule has 0 radical (unpaired) electrons. The highest BCUT2D eigenvalue weighted by Gasteiger charge is 2.24. The number of para-hydroxylation sites is 6. The molecule has 244 valence electrons. The number of hydrogen-bond donors (Lipinski definition) is 0. The molecule has 5 heteroatoms. The molecule has 0 atom stereocenters. The number of nitrogens with zero attached hydrogens (tertiary/aromatic N) is 5. The second-order valence-electron chi connectivity index (χ2n) is 14.2. The molecule has 0 saturated carbocycles. The predicted octanol–water partition coefficient (Wildman–Crippen LogP) is 12.1. The third kappa shape index (κ3) is 3.42. The van der Waals surface area contributed by atoms with E-state index in [9.17, 15) is 0 Å². The number of rotatable bonds is 2. The third-order valence-corrected chi connectivity index (χ3v) is 11.5. The van der Waals surface area contributed by atoms with Gasteiger partial charge in [0.1, 0.15) is 5.52 Å². The molecule has 0 aliphatic rings. The topological polar surface area (TPSA) is 40.0 Å². The van der Waals surface area contributed by atoms with Crippen LogP contribution in [0.1, 0.15) is 0 Å². The first kappa shape index (κ1) is 27.5. The highest BCUT2D eigenvalue weighted by Crippen LogP contribution is 2.44. The van der Waals surface area contributed by atoms with Gasteiger partial charge >= 0.3 is 0 Å². The Hall–Kier alpha value is -7.24. The van der Waals surface area contributed by atoms with Gasteiger partial charge in [-0.2, -0.15) is 0 Å². The molecular formula is C48H27N5. The van der Waals surface area contributed by atoms with Crippen LogP contribution in [0.4, 0.5) is 0 Å². The van der Waals surface area contributed by atoms with Crippen molar-refractivity contribution in [3.63, 3.8) is 0 Å². The second-order valence-corrected chi connectivity index (χ2v) is 14.2. The van der Waals surface area contributed by atoms with E-state index >= 15 is 0 Å². The molecule has 0 aliphatic carbocycles. The lowest BCUT2D eigenvalue weighted by atomic mass is 10.0. The zero-order valence-electron chi connectivity index (χ0n) is 28.3. The van der Waals surface area contributed by atoms with E-state index in [4.69, 9.17) is 9.97 Å². The molecule has 5 heterocycles. The van der Waals surface area contributed by atoms with Crippen molar-refractivity contribution in [2.75, 3.05) is 0 Å². The first-order valence-corrected chi connectivity index (χ1v) is 18.1. The summed E-state index contributed by atoms with van der Waals surface area (Å²) in [7, 11) is 0. The van der Waals surface area contributed by atoms with Gasteiger partial charge in [-0.25, -0.2) is 9.97 Å². The van der Waals surface area contributed by atoms with Crippen LogP contribution in [0.2, 0.25) is 0 Å². The van der Waals surface area contributed by atoms with Crippen LogP contribution in [-0.2, 0) is 0 Å². The quantitative estimate of drug-likeness (QED) is 0.183. The Balaban J connectivity index is 1.18. The molecule has 0 spiro atoms. The molecule has 8 aromatic carbocycles. The summed E-state index contributed by atoms with van der Waals surface area (Å²) in [5.41, 5.74) is 13.0. The van der Waals surface area contributed by atoms with Crippen molar-refractivity contribution >= 4 is 104 Å². The summed E-state index contributed by atoms with van der Waals surface area (Å²) in [4.78, 5) is 10.5. The fraction of sp³-hybridized carbons (Fsp3) is 0. The summed E-state index contributed by atoms with van der Waals surface area (Å²) in [5, 5.41) is 11.0. The summed E-state index contributed by atoms with van der Waals surface area (Å²) in [6.45, 7) is 0. The highest BCUT2D eigenvalue weighted by atomic mass is 15.0. The van der Waals surface area contributed by atoms with Gasteiger partial charge in [0.25, 0.3) is 0 Å². The monoisotopic (exact) mass is 673 g/mol. The third-order valence-electron chi connectivity index (χ3n) is 11.5. The summed E-state index contributed by atoms with van der Waals surface area (Å²) >= 11 is 0. The van der Waals surface area contributed by atoms with E-state index in [-0.39, 0.29) is 0 Å². The molecule has 5 nitrogen and oxygen atoms in total. The molecule has 0 aliphatic heterocycles. The first-order chi connectivity index (χ1) is 26.3. The van der Waals surface area contributed by atoms with E-state index in [1.165, 1.54) is 70.7 Å². The Bertz CT molecular complexity index is 3680. The molecular weight excluding hydrogens is 647 g/mol. The molecule has 0 fully saturated rings. The molecule has 5 aromatic heterocycles. The van der Waals surface area contributed by atoms with Gasteiger partial charge in [0.15, 0.2) is 5.65 Å². The molecule has 13 rings (SSSR count). The van der Waals surface area contributed by atoms with Crippen LogP contribution < -0.4 is 0 Å². The maximum absolute atomic E-state index is 5.25. The number of aromatic nitrogens is 5. The average Bonchev–Trinajstić information content (AvgIpc) is 3.94. The van der Waals surface area contributed by atoms with Crippen molar-refractivity contribution in [1.29, 1.82) is 0 Å². The van der Waals surface area contributed by atoms with E-state index in [1.54, 1.807) is 0 Å². The lowest BCUT2D eigenvalue weighted by Gasteiger charge is -2.12. The van der Waals surface area contributed by atoms with Gasteiger partial charge < -0.3 is 9.13 Å². The van der Waals surface area contributed by atoms with Gasteiger partial charge in [-0.3, -0.25) is 4.40 Å². The lowest BCUT2D eigenvalue weighted by molar-refractivity contribution is 1.18. The molecule has 0 saturated heterocycles. The Morgan fingerprint density at radius 2 is 0.925 bits per heavy atom. The maximum atomic E-state index is 5.25. The standard InChI is InChI=1S/C48H27N5/c1-2-12-28(13-3-1)52-40-19-9-4-14-30(40)33-23-22-32-34(46(33)52)24-25-43-44(32)35-16-6-11-21-42(35)51(43)29-26-36-31-15-5-10-20-41(31)53-47(36)37(27-29)45-48(53)50-39-18-8-7-17-38(39)49-45/h1-27H. The molecule has 0 N–H and O–H groups in total. The van der Waals surface area contributed by atoms with Gasteiger partial charge in [-0.05, 0) is 66.0 Å². The van der Waals surface area contributed by atoms with Crippen LogP contribution in [0.3, 0.4) is 0 Å². The lowest BCUT2D eigenvalue weighted by Crippen LogP contribution is -1.95. The minimum Gasteiger partial charge on any atom is -0.309 e. The van der Waals surface area contributed by atoms with Crippen LogP contribution in [-0.4, -0.2) is 23.5 Å². The number of fused-ring (bicyclic) bond motifs is 16. The Kier molecular flexibility index (Phi) is 5.06. The van der Waals surface area contributed by atoms with Crippen molar-refractivity contribution < 1.29 is 0 Å². The minimum atomic E-state index is 0.896. The van der Waals surface area contributed by atoms with E-state index in [2.05, 4.69) is 165 Å². The predicted molar refractivity (Wildman–Crippen MR) is 220 cm³/mol. The van der Waals surface area contributed by atoms with E-state index < -0.39 is 0 Å². The molecule has 0 amide bonds. The first-order valence-electron chi connectivity index (χ1n) is 18.1. The van der Waals surface area contributed by atoms with E-state index in [0.717, 1.165) is 44.5 Å².